The first-order valence-electron chi connectivity index (χ1n) is 3.23. The van der Waals surface area contributed by atoms with Crippen molar-refractivity contribution in [3.05, 3.63) is 0 Å². The van der Waals surface area contributed by atoms with E-state index in [0.717, 1.165) is 0 Å². The first kappa shape index (κ1) is 17.4. The maximum absolute atomic E-state index is 8.50. The second kappa shape index (κ2) is 16.7. The molecule has 0 spiro atoms. The van der Waals surface area contributed by atoms with Gasteiger partial charge in [0.1, 0.15) is 0 Å². The number of aliphatic hydroxyl groups is 2. The van der Waals surface area contributed by atoms with Crippen LogP contribution in [0.4, 0.5) is 0 Å². The Hall–Kier alpha value is 0.234. The van der Waals surface area contributed by atoms with Gasteiger partial charge in [-0.05, 0) is 27.7 Å². The molecule has 0 aliphatic heterocycles. The van der Waals surface area contributed by atoms with Gasteiger partial charge < -0.3 is 10.2 Å². The fraction of sp³-hybridized carbons (Fsp3) is 1.00. The second-order valence-electron chi connectivity index (χ2n) is 2.27. The van der Waals surface area contributed by atoms with Crippen molar-refractivity contribution in [2.75, 3.05) is 0 Å². The van der Waals surface area contributed by atoms with Crippen molar-refractivity contribution in [2.45, 2.75) is 39.9 Å². The van der Waals surface area contributed by atoms with Crippen molar-refractivity contribution < 1.29 is 36.0 Å². The summed E-state index contributed by atoms with van der Waals surface area (Å²) >= 11 is -2.00. The van der Waals surface area contributed by atoms with Crippen LogP contribution in [0, 0.1) is 0 Å². The molecule has 0 atom stereocenters. The molecule has 0 rings (SSSR count). The molecule has 0 radical (unpaired) electrons. The summed E-state index contributed by atoms with van der Waals surface area (Å²) in [5.41, 5.74) is 0. The van der Waals surface area contributed by atoms with Gasteiger partial charge in [-0.25, -0.2) is 0 Å². The van der Waals surface area contributed by atoms with Crippen LogP contribution in [0.15, 0.2) is 0 Å². The van der Waals surface area contributed by atoms with Crippen LogP contribution in [-0.4, -0.2) is 22.4 Å². The Kier molecular flexibility index (Phi) is 26.3. The molecule has 68 valence electrons. The van der Waals surface area contributed by atoms with Crippen LogP contribution in [0.5, 0.6) is 0 Å². The summed E-state index contributed by atoms with van der Waals surface area (Å²) in [6.45, 7) is 6.89. The minimum absolute atomic E-state index is 0.167. The van der Waals surface area contributed by atoms with Gasteiger partial charge in [0.15, 0.2) is 0 Å². The Labute approximate surface area is 76.2 Å². The van der Waals surface area contributed by atoms with E-state index < -0.39 is 19.1 Å². The Morgan fingerprint density at radius 1 is 0.909 bits per heavy atom. The zero-order chi connectivity index (χ0) is 9.86. The predicted molar refractivity (Wildman–Crippen MR) is 36.1 cm³/mol. The van der Waals surface area contributed by atoms with Crippen molar-refractivity contribution in [3.63, 3.8) is 0 Å². The first-order chi connectivity index (χ1) is 4.88. The summed E-state index contributed by atoms with van der Waals surface area (Å²) in [5, 5.41) is 16.1. The van der Waals surface area contributed by atoms with Gasteiger partial charge in [-0.3, -0.25) is 0 Å². The fourth-order valence-electron chi connectivity index (χ4n) is 0. The number of aliphatic hydroxyl groups excluding tert-OH is 2. The van der Waals surface area contributed by atoms with Crippen LogP contribution in [-0.2, 0) is 25.7 Å². The molecule has 4 nitrogen and oxygen atoms in total. The number of rotatable bonds is 0. The van der Waals surface area contributed by atoms with Crippen LogP contribution in [0.1, 0.15) is 27.7 Å². The van der Waals surface area contributed by atoms with Gasteiger partial charge in [0, 0.05) is 12.2 Å². The van der Waals surface area contributed by atoms with Gasteiger partial charge in [0.25, 0.3) is 0 Å². The number of hydrogen-bond acceptors (Lipinski definition) is 4. The number of hydrogen-bond donors (Lipinski definition) is 2. The molecule has 0 fully saturated rings. The van der Waals surface area contributed by atoms with Crippen LogP contribution in [0.25, 0.3) is 0 Å². The Morgan fingerprint density at radius 3 is 0.909 bits per heavy atom. The molecule has 0 saturated heterocycles. The molecule has 0 saturated carbocycles. The molecule has 2 N–H and O–H groups in total. The molecule has 0 heterocycles. The summed E-state index contributed by atoms with van der Waals surface area (Å²) in [6, 6.07) is 0. The molecule has 0 bridgehead atoms. The summed E-state index contributed by atoms with van der Waals surface area (Å²) in [6.07, 6.45) is -0.333. The quantitative estimate of drug-likeness (QED) is 0.559. The zero-order valence-electron chi connectivity index (χ0n) is 7.37. The Morgan fingerprint density at radius 2 is 0.909 bits per heavy atom. The van der Waals surface area contributed by atoms with E-state index in [1.807, 2.05) is 0 Å². The topological polar surface area (TPSA) is 74.6 Å². The van der Waals surface area contributed by atoms with Gasteiger partial charge >= 0.3 is 25.7 Å². The third-order valence-electron chi connectivity index (χ3n) is 0. The van der Waals surface area contributed by atoms with E-state index in [1.54, 1.807) is 27.7 Å². The molecule has 0 unspecified atom stereocenters. The van der Waals surface area contributed by atoms with Gasteiger partial charge in [0.2, 0.25) is 0 Å². The van der Waals surface area contributed by atoms with E-state index in [-0.39, 0.29) is 12.2 Å². The third-order valence-corrected chi connectivity index (χ3v) is 0. The molecule has 0 aliphatic carbocycles. The average molecular weight is 200 g/mol. The molecule has 5 heteroatoms. The van der Waals surface area contributed by atoms with Crippen LogP contribution in [0.2, 0.25) is 0 Å². The molecule has 0 aromatic rings. The van der Waals surface area contributed by atoms with E-state index in [2.05, 4.69) is 0 Å². The van der Waals surface area contributed by atoms with Crippen molar-refractivity contribution in [3.8, 4) is 0 Å². The summed E-state index contributed by atoms with van der Waals surface area (Å²) in [7, 11) is 0. The SMILES string of the molecule is CC(C)O.CC(C)O.[O]=[Ti]=[O]. The molecule has 0 amide bonds. The maximum atomic E-state index is 8.50. The van der Waals surface area contributed by atoms with Gasteiger partial charge in [-0.2, -0.15) is 0 Å². The van der Waals surface area contributed by atoms with Gasteiger partial charge in [-0.15, -0.1) is 0 Å². The van der Waals surface area contributed by atoms with Crippen LogP contribution < -0.4 is 0 Å². The van der Waals surface area contributed by atoms with E-state index in [1.165, 1.54) is 0 Å². The fourth-order valence-corrected chi connectivity index (χ4v) is 0. The van der Waals surface area contributed by atoms with E-state index in [4.69, 9.17) is 16.9 Å². The predicted octanol–water partition coefficient (Wildman–Crippen LogP) is 0.534. The van der Waals surface area contributed by atoms with Crippen molar-refractivity contribution >= 4 is 0 Å². The van der Waals surface area contributed by atoms with Crippen molar-refractivity contribution in [2.24, 2.45) is 0 Å². The average Bonchev–Trinajstić information content (AvgIpc) is 1.60. The van der Waals surface area contributed by atoms with Gasteiger partial charge in [0.05, 0.1) is 0 Å². The summed E-state index contributed by atoms with van der Waals surface area (Å²) in [4.78, 5) is 0. The molecule has 0 aromatic carbocycles. The summed E-state index contributed by atoms with van der Waals surface area (Å²) in [5.74, 6) is 0. The molecule has 11 heavy (non-hydrogen) atoms. The van der Waals surface area contributed by atoms with Gasteiger partial charge in [-0.1, -0.05) is 0 Å². The normalized spacial score (nSPS) is 7.27. The standard InChI is InChI=1S/2C3H8O.2O.Ti/c2*1-3(2)4;;;/h2*3-4H,1-2H3;;;. The van der Waals surface area contributed by atoms with Crippen molar-refractivity contribution in [1.82, 2.24) is 0 Å². The van der Waals surface area contributed by atoms with E-state index >= 15 is 0 Å². The third kappa shape index (κ3) is 12600. The Balaban J connectivity index is -0.0000000886. The molecule has 0 aliphatic rings. The van der Waals surface area contributed by atoms with Crippen molar-refractivity contribution in [1.29, 1.82) is 0 Å². The van der Waals surface area contributed by atoms with Crippen LogP contribution >= 0.6 is 0 Å². The van der Waals surface area contributed by atoms with E-state index in [0.29, 0.717) is 0 Å². The monoisotopic (exact) mass is 200 g/mol. The van der Waals surface area contributed by atoms with E-state index in [9.17, 15) is 0 Å². The minimum atomic E-state index is -2.00. The van der Waals surface area contributed by atoms with Crippen LogP contribution in [0.3, 0.4) is 0 Å². The summed E-state index contributed by atoms with van der Waals surface area (Å²) < 4.78 is 17.0. The second-order valence-corrected chi connectivity index (χ2v) is 2.53. The molecule has 0 aromatic heterocycles. The first-order valence-corrected chi connectivity index (χ1v) is 4.51. The Bertz CT molecular complexity index is 75.1. The molecular formula is C6H16O4Ti. The molecular weight excluding hydrogens is 184 g/mol. The zero-order valence-corrected chi connectivity index (χ0v) is 8.93.